The van der Waals surface area contributed by atoms with Crippen LogP contribution in [0.2, 0.25) is 0 Å². The second kappa shape index (κ2) is 6.74. The molecule has 0 amide bonds. The Hall–Kier alpha value is -1.57. The lowest BCUT2D eigenvalue weighted by atomic mass is 9.97. The van der Waals surface area contributed by atoms with E-state index in [1.807, 2.05) is 0 Å². The van der Waals surface area contributed by atoms with Gasteiger partial charge in [0.15, 0.2) is 5.69 Å². The van der Waals surface area contributed by atoms with Crippen LogP contribution in [-0.2, 0) is 11.3 Å². The number of hydrogen-bond donors (Lipinski definition) is 1. The summed E-state index contributed by atoms with van der Waals surface area (Å²) in [7, 11) is 0. The van der Waals surface area contributed by atoms with E-state index in [-0.39, 0.29) is 13.2 Å². The third kappa shape index (κ3) is 3.50. The molecule has 0 saturated carbocycles. The third-order valence-electron chi connectivity index (χ3n) is 3.21. The molecule has 114 valence electrons. The molecule has 1 heterocycles. The Morgan fingerprint density at radius 1 is 1.40 bits per heavy atom. The van der Waals surface area contributed by atoms with E-state index in [9.17, 15) is 18.7 Å². The van der Waals surface area contributed by atoms with E-state index in [1.54, 1.807) is 20.8 Å². The molecule has 1 N–H and O–H groups in total. The van der Waals surface area contributed by atoms with Crippen molar-refractivity contribution in [2.24, 2.45) is 0 Å². The van der Waals surface area contributed by atoms with E-state index in [0.29, 0.717) is 12.8 Å². The molecule has 1 aromatic heterocycles. The first-order valence-corrected chi connectivity index (χ1v) is 6.49. The molecule has 0 aliphatic rings. The SMILES string of the molecule is CCOC(=O)c1nnn(CC(O)(CC)CC)c1C(F)F. The van der Waals surface area contributed by atoms with Crippen molar-refractivity contribution in [1.82, 2.24) is 15.0 Å². The Labute approximate surface area is 115 Å². The maximum atomic E-state index is 13.1. The average molecular weight is 291 g/mol. The number of ether oxygens (including phenoxy) is 1. The molecule has 0 radical (unpaired) electrons. The number of halogens is 2. The van der Waals surface area contributed by atoms with E-state index >= 15 is 0 Å². The smallest absolute Gasteiger partial charge is 0.361 e. The maximum absolute atomic E-state index is 13.1. The minimum Gasteiger partial charge on any atom is -0.461 e. The van der Waals surface area contributed by atoms with Gasteiger partial charge in [-0.2, -0.15) is 0 Å². The zero-order valence-corrected chi connectivity index (χ0v) is 11.8. The van der Waals surface area contributed by atoms with Gasteiger partial charge in [-0.25, -0.2) is 18.3 Å². The molecule has 8 heteroatoms. The number of alkyl halides is 2. The van der Waals surface area contributed by atoms with Crippen molar-refractivity contribution in [2.75, 3.05) is 6.61 Å². The van der Waals surface area contributed by atoms with Gasteiger partial charge >= 0.3 is 5.97 Å². The first-order chi connectivity index (χ1) is 9.38. The molecule has 0 spiro atoms. The van der Waals surface area contributed by atoms with Gasteiger partial charge in [-0.1, -0.05) is 19.1 Å². The summed E-state index contributed by atoms with van der Waals surface area (Å²) in [5.74, 6) is -0.939. The number of aliphatic hydroxyl groups is 1. The number of aromatic nitrogens is 3. The molecule has 6 nitrogen and oxygen atoms in total. The van der Waals surface area contributed by atoms with Crippen LogP contribution in [0, 0.1) is 0 Å². The Morgan fingerprint density at radius 3 is 2.45 bits per heavy atom. The number of rotatable bonds is 7. The number of carbonyl (C=O) groups is 1. The first kappa shape index (κ1) is 16.5. The summed E-state index contributed by atoms with van der Waals surface area (Å²) in [6.07, 6.45) is -2.18. The Kier molecular flexibility index (Phi) is 5.55. The van der Waals surface area contributed by atoms with Crippen molar-refractivity contribution in [1.29, 1.82) is 0 Å². The first-order valence-electron chi connectivity index (χ1n) is 6.49. The summed E-state index contributed by atoms with van der Waals surface area (Å²) in [5, 5.41) is 17.2. The van der Waals surface area contributed by atoms with Crippen LogP contribution in [0.1, 0.15) is 56.2 Å². The van der Waals surface area contributed by atoms with E-state index < -0.39 is 29.4 Å². The second-order valence-electron chi connectivity index (χ2n) is 4.43. The standard InChI is InChI=1S/C12H19F2N3O3/c1-4-12(19,5-2)7-17-9(10(13)14)8(15-16-17)11(18)20-6-3/h10,19H,4-7H2,1-3H3. The monoisotopic (exact) mass is 291 g/mol. The Morgan fingerprint density at radius 2 is 2.00 bits per heavy atom. The molecule has 0 unspecified atom stereocenters. The van der Waals surface area contributed by atoms with Gasteiger partial charge in [0.05, 0.1) is 18.8 Å². The highest BCUT2D eigenvalue weighted by atomic mass is 19.3. The molecule has 0 atom stereocenters. The number of esters is 1. The van der Waals surface area contributed by atoms with Crippen molar-refractivity contribution >= 4 is 5.97 Å². The summed E-state index contributed by atoms with van der Waals surface area (Å²) in [5.41, 5.74) is -2.29. The van der Waals surface area contributed by atoms with Crippen LogP contribution in [-0.4, -0.2) is 38.3 Å². The molecule has 20 heavy (non-hydrogen) atoms. The summed E-state index contributed by atoms with van der Waals surface area (Å²) in [4.78, 5) is 11.6. The summed E-state index contributed by atoms with van der Waals surface area (Å²) >= 11 is 0. The highest BCUT2D eigenvalue weighted by Crippen LogP contribution is 2.25. The van der Waals surface area contributed by atoms with Crippen LogP contribution in [0.4, 0.5) is 8.78 Å². The fourth-order valence-electron chi connectivity index (χ4n) is 1.75. The number of carbonyl (C=O) groups excluding carboxylic acids is 1. The zero-order valence-electron chi connectivity index (χ0n) is 11.8. The molecular weight excluding hydrogens is 272 g/mol. The number of nitrogens with zero attached hydrogens (tertiary/aromatic N) is 3. The highest BCUT2D eigenvalue weighted by molar-refractivity contribution is 5.88. The molecule has 0 aliphatic heterocycles. The van der Waals surface area contributed by atoms with Crippen molar-refractivity contribution in [3.8, 4) is 0 Å². The van der Waals surface area contributed by atoms with Crippen LogP contribution >= 0.6 is 0 Å². The van der Waals surface area contributed by atoms with Crippen molar-refractivity contribution in [2.45, 2.75) is 52.2 Å². The molecule has 1 aromatic rings. The highest BCUT2D eigenvalue weighted by Gasteiger charge is 2.31. The van der Waals surface area contributed by atoms with E-state index in [4.69, 9.17) is 0 Å². The fourth-order valence-corrected chi connectivity index (χ4v) is 1.75. The topological polar surface area (TPSA) is 77.2 Å². The molecule has 0 aliphatic carbocycles. The van der Waals surface area contributed by atoms with Gasteiger partial charge in [0.2, 0.25) is 0 Å². The third-order valence-corrected chi connectivity index (χ3v) is 3.21. The van der Waals surface area contributed by atoms with Gasteiger partial charge in [-0.3, -0.25) is 0 Å². The van der Waals surface area contributed by atoms with E-state index in [0.717, 1.165) is 4.68 Å². The molecule has 0 bridgehead atoms. The molecule has 0 fully saturated rings. The second-order valence-corrected chi connectivity index (χ2v) is 4.43. The van der Waals surface area contributed by atoms with Crippen LogP contribution in [0.3, 0.4) is 0 Å². The molecule has 0 saturated heterocycles. The predicted octanol–water partition coefficient (Wildman–Crippen LogP) is 1.94. The maximum Gasteiger partial charge on any atom is 0.361 e. The lowest BCUT2D eigenvalue weighted by Gasteiger charge is -2.25. The predicted molar refractivity (Wildman–Crippen MR) is 66.5 cm³/mol. The van der Waals surface area contributed by atoms with Gasteiger partial charge in [-0.15, -0.1) is 5.10 Å². The van der Waals surface area contributed by atoms with Crippen LogP contribution in [0.15, 0.2) is 0 Å². The Balaban J connectivity index is 3.12. The Bertz CT molecular complexity index is 459. The molecular formula is C12H19F2N3O3. The van der Waals surface area contributed by atoms with Crippen molar-refractivity contribution in [3.63, 3.8) is 0 Å². The molecule has 0 aromatic carbocycles. The van der Waals surface area contributed by atoms with Crippen LogP contribution < -0.4 is 0 Å². The normalized spacial score (nSPS) is 11.9. The largest absolute Gasteiger partial charge is 0.461 e. The molecule has 1 rings (SSSR count). The van der Waals surface area contributed by atoms with Crippen LogP contribution in [0.25, 0.3) is 0 Å². The van der Waals surface area contributed by atoms with Gasteiger partial charge in [-0.05, 0) is 19.8 Å². The lowest BCUT2D eigenvalue weighted by molar-refractivity contribution is 0.00742. The van der Waals surface area contributed by atoms with Gasteiger partial charge < -0.3 is 9.84 Å². The lowest BCUT2D eigenvalue weighted by Crippen LogP contribution is -2.34. The van der Waals surface area contributed by atoms with Gasteiger partial charge in [0.25, 0.3) is 6.43 Å². The van der Waals surface area contributed by atoms with Crippen LogP contribution in [0.5, 0.6) is 0 Å². The average Bonchev–Trinajstić information content (AvgIpc) is 2.82. The summed E-state index contributed by atoms with van der Waals surface area (Å²) < 4.78 is 31.8. The quantitative estimate of drug-likeness (QED) is 0.777. The summed E-state index contributed by atoms with van der Waals surface area (Å²) in [6, 6.07) is 0. The number of hydrogen-bond acceptors (Lipinski definition) is 5. The van der Waals surface area contributed by atoms with Crippen molar-refractivity contribution in [3.05, 3.63) is 11.4 Å². The fraction of sp³-hybridized carbons (Fsp3) is 0.750. The van der Waals surface area contributed by atoms with Gasteiger partial charge in [0.1, 0.15) is 5.69 Å². The zero-order chi connectivity index (χ0) is 15.3. The van der Waals surface area contributed by atoms with E-state index in [2.05, 4.69) is 15.0 Å². The minimum absolute atomic E-state index is 0.0578. The van der Waals surface area contributed by atoms with E-state index in [1.165, 1.54) is 0 Å². The minimum atomic E-state index is -2.93. The summed E-state index contributed by atoms with van der Waals surface area (Å²) in [6.45, 7) is 4.97. The van der Waals surface area contributed by atoms with Gasteiger partial charge in [0, 0.05) is 0 Å². The van der Waals surface area contributed by atoms with Crippen molar-refractivity contribution < 1.29 is 23.4 Å².